The summed E-state index contributed by atoms with van der Waals surface area (Å²) < 4.78 is 0. The molecule has 13 heavy (non-hydrogen) atoms. The summed E-state index contributed by atoms with van der Waals surface area (Å²) in [6, 6.07) is 0. The maximum absolute atomic E-state index is 5.79. The molecule has 76 valence electrons. The van der Waals surface area contributed by atoms with E-state index in [1.807, 2.05) is 0 Å². The van der Waals surface area contributed by atoms with Gasteiger partial charge in [0.1, 0.15) is 0 Å². The van der Waals surface area contributed by atoms with Crippen molar-refractivity contribution in [3.63, 3.8) is 0 Å². The monoisotopic (exact) mass is 183 g/mol. The lowest BCUT2D eigenvalue weighted by Gasteiger charge is -2.35. The third kappa shape index (κ3) is 3.25. The molecule has 1 rings (SSSR count). The predicted octanol–water partition coefficient (Wildman–Crippen LogP) is 1.63. The molecule has 1 fully saturated rings. The van der Waals surface area contributed by atoms with Crippen LogP contribution in [0, 0.1) is 0 Å². The summed E-state index contributed by atoms with van der Waals surface area (Å²) in [5.74, 6) is 0.578. The largest absolute Gasteiger partial charge is 0.370 e. The molecule has 0 unspecified atom stereocenters. The zero-order valence-electron chi connectivity index (χ0n) is 9.15. The molecule has 0 heterocycles. The summed E-state index contributed by atoms with van der Waals surface area (Å²) in [7, 11) is 0. The van der Waals surface area contributed by atoms with Gasteiger partial charge in [-0.15, -0.1) is 0 Å². The van der Waals surface area contributed by atoms with E-state index >= 15 is 0 Å². The Morgan fingerprint density at radius 1 is 1.38 bits per heavy atom. The van der Waals surface area contributed by atoms with E-state index in [1.54, 1.807) is 0 Å². The van der Waals surface area contributed by atoms with E-state index < -0.39 is 0 Å². The fraction of sp³-hybridized carbons (Fsp3) is 0.900. The highest BCUT2D eigenvalue weighted by atomic mass is 15.1. The van der Waals surface area contributed by atoms with E-state index in [2.05, 4.69) is 38.0 Å². The molecule has 1 saturated carbocycles. The minimum atomic E-state index is 0.00763. The lowest BCUT2D eigenvalue weighted by molar-refractivity contribution is 0.278. The number of nitrogens with two attached hydrogens (primary N) is 1. The lowest BCUT2D eigenvalue weighted by atomic mass is 9.79. The second kappa shape index (κ2) is 3.20. The third-order valence-electron chi connectivity index (χ3n) is 2.32. The first-order valence-electron chi connectivity index (χ1n) is 4.94. The highest BCUT2D eigenvalue weighted by molar-refractivity contribution is 5.79. The van der Waals surface area contributed by atoms with E-state index in [9.17, 15) is 0 Å². The van der Waals surface area contributed by atoms with Crippen molar-refractivity contribution in [2.45, 2.75) is 58.0 Å². The number of aliphatic imine (C=N–C) groups is 1. The van der Waals surface area contributed by atoms with Gasteiger partial charge < -0.3 is 11.1 Å². The van der Waals surface area contributed by atoms with Gasteiger partial charge in [0, 0.05) is 5.54 Å². The van der Waals surface area contributed by atoms with Crippen molar-refractivity contribution in [2.24, 2.45) is 10.7 Å². The van der Waals surface area contributed by atoms with Crippen LogP contribution in [0.3, 0.4) is 0 Å². The third-order valence-corrected chi connectivity index (χ3v) is 2.32. The standard InChI is InChI=1S/C10H21N3/c1-9(2,3)12-8(11)13-10(4)6-5-7-10/h5-7H2,1-4H3,(H3,11,12,13). The summed E-state index contributed by atoms with van der Waals surface area (Å²) in [5, 5.41) is 3.17. The van der Waals surface area contributed by atoms with Gasteiger partial charge in [-0.25, -0.2) is 4.99 Å². The summed E-state index contributed by atoms with van der Waals surface area (Å²) >= 11 is 0. The molecule has 0 amide bonds. The van der Waals surface area contributed by atoms with Crippen LogP contribution in [0.15, 0.2) is 4.99 Å². The van der Waals surface area contributed by atoms with Gasteiger partial charge in [0.05, 0.1) is 5.54 Å². The van der Waals surface area contributed by atoms with Crippen molar-refractivity contribution in [2.75, 3.05) is 0 Å². The summed E-state index contributed by atoms with van der Waals surface area (Å²) in [4.78, 5) is 4.48. The summed E-state index contributed by atoms with van der Waals surface area (Å²) in [5.41, 5.74) is 5.92. The smallest absolute Gasteiger partial charge is 0.189 e. The van der Waals surface area contributed by atoms with Crippen LogP contribution in [0.5, 0.6) is 0 Å². The highest BCUT2D eigenvalue weighted by Crippen LogP contribution is 2.34. The van der Waals surface area contributed by atoms with Crippen molar-refractivity contribution in [1.29, 1.82) is 0 Å². The van der Waals surface area contributed by atoms with E-state index in [-0.39, 0.29) is 11.1 Å². The zero-order chi connectivity index (χ0) is 10.1. The molecular weight excluding hydrogens is 162 g/mol. The average Bonchev–Trinajstić information content (AvgIpc) is 1.79. The molecule has 0 spiro atoms. The van der Waals surface area contributed by atoms with Gasteiger partial charge in [-0.2, -0.15) is 0 Å². The summed E-state index contributed by atoms with van der Waals surface area (Å²) in [6.07, 6.45) is 3.61. The molecule has 0 bridgehead atoms. The maximum Gasteiger partial charge on any atom is 0.189 e. The minimum absolute atomic E-state index is 0.00763. The molecular formula is C10H21N3. The normalized spacial score (nSPS) is 22.3. The first-order chi connectivity index (χ1) is 5.81. The molecule has 3 N–H and O–H groups in total. The fourth-order valence-electron chi connectivity index (χ4n) is 1.50. The molecule has 3 nitrogen and oxygen atoms in total. The molecule has 0 aromatic carbocycles. The Bertz CT molecular complexity index is 209. The Labute approximate surface area is 80.8 Å². The van der Waals surface area contributed by atoms with Crippen LogP contribution in [0.25, 0.3) is 0 Å². The Morgan fingerprint density at radius 3 is 2.23 bits per heavy atom. The molecule has 0 atom stereocenters. The quantitative estimate of drug-likeness (QED) is 0.479. The van der Waals surface area contributed by atoms with Gasteiger partial charge in [0.15, 0.2) is 5.96 Å². The first-order valence-corrected chi connectivity index (χ1v) is 4.94. The summed E-state index contributed by atoms with van der Waals surface area (Å²) in [6.45, 7) is 8.41. The van der Waals surface area contributed by atoms with Crippen LogP contribution in [0.2, 0.25) is 0 Å². The van der Waals surface area contributed by atoms with Crippen molar-refractivity contribution in [1.82, 2.24) is 5.32 Å². The number of nitrogens with one attached hydrogen (secondary N) is 1. The van der Waals surface area contributed by atoms with Gasteiger partial charge >= 0.3 is 0 Å². The van der Waals surface area contributed by atoms with Crippen molar-refractivity contribution >= 4 is 5.96 Å². The number of hydrogen-bond donors (Lipinski definition) is 2. The SMILES string of the molecule is CC1(N=C(N)NC(C)(C)C)CCC1. The van der Waals surface area contributed by atoms with Crippen molar-refractivity contribution in [3.05, 3.63) is 0 Å². The molecule has 3 heteroatoms. The van der Waals surface area contributed by atoms with Crippen molar-refractivity contribution in [3.8, 4) is 0 Å². The second-order valence-electron chi connectivity index (χ2n) is 5.22. The van der Waals surface area contributed by atoms with Gasteiger partial charge in [-0.3, -0.25) is 0 Å². The molecule has 0 aromatic heterocycles. The van der Waals surface area contributed by atoms with Crippen LogP contribution >= 0.6 is 0 Å². The van der Waals surface area contributed by atoms with Crippen LogP contribution in [0.4, 0.5) is 0 Å². The Hall–Kier alpha value is -0.730. The molecule has 1 aliphatic carbocycles. The van der Waals surface area contributed by atoms with E-state index in [0.29, 0.717) is 5.96 Å². The van der Waals surface area contributed by atoms with E-state index in [0.717, 1.165) is 0 Å². The minimum Gasteiger partial charge on any atom is -0.370 e. The average molecular weight is 183 g/mol. The van der Waals surface area contributed by atoms with Gasteiger partial charge in [0.25, 0.3) is 0 Å². The molecule has 0 aromatic rings. The van der Waals surface area contributed by atoms with Crippen LogP contribution in [0.1, 0.15) is 47.0 Å². The topological polar surface area (TPSA) is 50.4 Å². The van der Waals surface area contributed by atoms with Gasteiger partial charge in [-0.1, -0.05) is 0 Å². The predicted molar refractivity (Wildman–Crippen MR) is 56.8 cm³/mol. The molecule has 0 radical (unpaired) electrons. The first kappa shape index (κ1) is 10.4. The van der Waals surface area contributed by atoms with E-state index in [1.165, 1.54) is 19.3 Å². The Kier molecular flexibility index (Phi) is 2.55. The van der Waals surface area contributed by atoms with Gasteiger partial charge in [-0.05, 0) is 47.0 Å². The number of guanidine groups is 1. The van der Waals surface area contributed by atoms with Crippen LogP contribution in [-0.2, 0) is 0 Å². The fourth-order valence-corrected chi connectivity index (χ4v) is 1.50. The molecule has 0 saturated heterocycles. The number of rotatable bonds is 1. The highest BCUT2D eigenvalue weighted by Gasteiger charge is 2.31. The molecule has 1 aliphatic rings. The number of hydrogen-bond acceptors (Lipinski definition) is 1. The van der Waals surface area contributed by atoms with E-state index in [4.69, 9.17) is 5.73 Å². The maximum atomic E-state index is 5.79. The van der Waals surface area contributed by atoms with Crippen LogP contribution < -0.4 is 11.1 Å². The van der Waals surface area contributed by atoms with Crippen molar-refractivity contribution < 1.29 is 0 Å². The Balaban J connectivity index is 2.51. The molecule has 0 aliphatic heterocycles. The second-order valence-corrected chi connectivity index (χ2v) is 5.22. The van der Waals surface area contributed by atoms with Gasteiger partial charge in [0.2, 0.25) is 0 Å². The lowest BCUT2D eigenvalue weighted by Crippen LogP contribution is -2.47. The number of nitrogens with zero attached hydrogens (tertiary/aromatic N) is 1. The Morgan fingerprint density at radius 2 is 1.92 bits per heavy atom. The zero-order valence-corrected chi connectivity index (χ0v) is 9.15. The van der Waals surface area contributed by atoms with Crippen LogP contribution in [-0.4, -0.2) is 17.0 Å².